The van der Waals surface area contributed by atoms with E-state index in [0.717, 1.165) is 6.42 Å². The third-order valence-electron chi connectivity index (χ3n) is 4.76. The minimum absolute atomic E-state index is 0.611. The minimum Gasteiger partial charge on any atom is -0.0769 e. The van der Waals surface area contributed by atoms with Gasteiger partial charge in [0.25, 0.3) is 0 Å². The van der Waals surface area contributed by atoms with E-state index in [4.69, 9.17) is 0 Å². The van der Waals surface area contributed by atoms with Crippen molar-refractivity contribution in [2.75, 3.05) is 0 Å². The zero-order valence-corrected chi connectivity index (χ0v) is 12.6. The van der Waals surface area contributed by atoms with Gasteiger partial charge in [0, 0.05) is 5.92 Å². The van der Waals surface area contributed by atoms with Crippen molar-refractivity contribution in [2.24, 2.45) is 5.92 Å². The molecule has 0 aromatic rings. The van der Waals surface area contributed by atoms with Crippen LogP contribution in [0.25, 0.3) is 0 Å². The van der Waals surface area contributed by atoms with Crippen molar-refractivity contribution in [3.63, 3.8) is 0 Å². The molecule has 0 heterocycles. The molecule has 1 unspecified atom stereocenters. The molecule has 0 nitrogen and oxygen atoms in total. The molecule has 0 spiro atoms. The zero-order valence-electron chi connectivity index (χ0n) is 12.6. The van der Waals surface area contributed by atoms with E-state index in [-0.39, 0.29) is 0 Å². The van der Waals surface area contributed by atoms with Crippen molar-refractivity contribution in [3.8, 4) is 0 Å². The van der Waals surface area contributed by atoms with Crippen molar-refractivity contribution in [1.82, 2.24) is 0 Å². The molecule has 0 radical (unpaired) electrons. The van der Waals surface area contributed by atoms with Gasteiger partial charge in [-0.2, -0.15) is 0 Å². The summed E-state index contributed by atoms with van der Waals surface area (Å²) in [6.07, 6.45) is 9.86. The van der Waals surface area contributed by atoms with E-state index in [1.165, 1.54) is 30.4 Å². The predicted octanol–water partition coefficient (Wildman–Crippen LogP) is 5.74. The lowest BCUT2D eigenvalue weighted by Crippen LogP contribution is -2.02. The van der Waals surface area contributed by atoms with Gasteiger partial charge in [0.15, 0.2) is 0 Å². The maximum absolute atomic E-state index is 2.44. The van der Waals surface area contributed by atoms with E-state index >= 15 is 0 Å². The first-order valence-electron chi connectivity index (χ1n) is 7.36. The van der Waals surface area contributed by atoms with Crippen LogP contribution in [0.15, 0.2) is 45.6 Å². The van der Waals surface area contributed by atoms with Crippen LogP contribution in [0.4, 0.5) is 0 Å². The highest BCUT2D eigenvalue weighted by molar-refractivity contribution is 5.61. The Morgan fingerprint density at radius 3 is 2.39 bits per heavy atom. The molecular weight excluding hydrogens is 216 g/mol. The van der Waals surface area contributed by atoms with Crippen LogP contribution in [0.1, 0.15) is 60.3 Å². The van der Waals surface area contributed by atoms with E-state index in [1.807, 2.05) is 0 Å². The summed E-state index contributed by atoms with van der Waals surface area (Å²) in [6, 6.07) is 0. The lowest BCUT2D eigenvalue weighted by molar-refractivity contribution is 0.779. The van der Waals surface area contributed by atoms with Crippen LogP contribution in [0.5, 0.6) is 0 Å². The standard InChI is InChI=1S/C18H26/c1-6-7-9-16-10-8-11-17(16)18-14(4)12(2)13(3)15(18)5/h10-11,14H,6-9H2,1-5H3. The van der Waals surface area contributed by atoms with Crippen LogP contribution in [0.2, 0.25) is 0 Å². The largest absolute Gasteiger partial charge is 0.0769 e. The fraction of sp³-hybridized carbons (Fsp3) is 0.556. The molecule has 0 aromatic carbocycles. The second kappa shape index (κ2) is 5.30. The Balaban J connectivity index is 2.27. The van der Waals surface area contributed by atoms with Gasteiger partial charge >= 0.3 is 0 Å². The number of unbranched alkanes of at least 4 members (excludes halogenated alkanes) is 1. The van der Waals surface area contributed by atoms with Gasteiger partial charge in [-0.25, -0.2) is 0 Å². The van der Waals surface area contributed by atoms with Crippen molar-refractivity contribution < 1.29 is 0 Å². The Bertz CT molecular complexity index is 466. The Labute approximate surface area is 112 Å². The van der Waals surface area contributed by atoms with Crippen LogP contribution in [-0.4, -0.2) is 0 Å². The Hall–Kier alpha value is -1.04. The second-order valence-corrected chi connectivity index (χ2v) is 5.75. The first kappa shape index (κ1) is 13.4. The van der Waals surface area contributed by atoms with E-state index in [9.17, 15) is 0 Å². The van der Waals surface area contributed by atoms with Gasteiger partial charge in [0.1, 0.15) is 0 Å². The van der Waals surface area contributed by atoms with Gasteiger partial charge in [0.05, 0.1) is 0 Å². The lowest BCUT2D eigenvalue weighted by atomic mass is 9.87. The Kier molecular flexibility index (Phi) is 3.94. The number of hydrogen-bond acceptors (Lipinski definition) is 0. The summed E-state index contributed by atoms with van der Waals surface area (Å²) >= 11 is 0. The van der Waals surface area contributed by atoms with Crippen LogP contribution in [0, 0.1) is 5.92 Å². The highest BCUT2D eigenvalue weighted by Gasteiger charge is 2.28. The molecule has 0 aliphatic heterocycles. The van der Waals surface area contributed by atoms with Crippen LogP contribution in [-0.2, 0) is 0 Å². The van der Waals surface area contributed by atoms with Gasteiger partial charge < -0.3 is 0 Å². The molecular formula is C18H26. The monoisotopic (exact) mass is 242 g/mol. The first-order chi connectivity index (χ1) is 8.57. The topological polar surface area (TPSA) is 0 Å². The van der Waals surface area contributed by atoms with Crippen molar-refractivity contribution in [3.05, 3.63) is 45.6 Å². The highest BCUT2D eigenvalue weighted by Crippen LogP contribution is 2.44. The van der Waals surface area contributed by atoms with Crippen LogP contribution in [0.3, 0.4) is 0 Å². The predicted molar refractivity (Wildman–Crippen MR) is 80.5 cm³/mol. The van der Waals surface area contributed by atoms with E-state index in [2.05, 4.69) is 46.8 Å². The highest BCUT2D eigenvalue weighted by atomic mass is 14.3. The summed E-state index contributed by atoms with van der Waals surface area (Å²) in [7, 11) is 0. The minimum atomic E-state index is 0.611. The molecule has 0 saturated carbocycles. The van der Waals surface area contributed by atoms with Gasteiger partial charge in [-0.05, 0) is 67.9 Å². The second-order valence-electron chi connectivity index (χ2n) is 5.75. The van der Waals surface area contributed by atoms with Gasteiger partial charge in [0.2, 0.25) is 0 Å². The molecule has 2 aliphatic rings. The summed E-state index contributed by atoms with van der Waals surface area (Å²) in [5.41, 5.74) is 9.36. The average molecular weight is 242 g/mol. The van der Waals surface area contributed by atoms with Crippen molar-refractivity contribution >= 4 is 0 Å². The summed E-state index contributed by atoms with van der Waals surface area (Å²) in [5, 5.41) is 0. The van der Waals surface area contributed by atoms with Crippen molar-refractivity contribution in [2.45, 2.75) is 60.3 Å². The fourth-order valence-electron chi connectivity index (χ4n) is 3.25. The quantitative estimate of drug-likeness (QED) is 0.590. The molecule has 0 heteroatoms. The van der Waals surface area contributed by atoms with Crippen LogP contribution >= 0.6 is 0 Å². The number of allylic oxidation sites excluding steroid dienone is 8. The normalized spacial score (nSPS) is 23.9. The third kappa shape index (κ3) is 2.13. The third-order valence-corrected chi connectivity index (χ3v) is 4.76. The summed E-state index contributed by atoms with van der Waals surface area (Å²) in [6.45, 7) is 11.5. The van der Waals surface area contributed by atoms with Gasteiger partial charge in [-0.3, -0.25) is 0 Å². The molecule has 2 aliphatic carbocycles. The maximum Gasteiger partial charge on any atom is 0.00315 e. The van der Waals surface area contributed by atoms with Gasteiger partial charge in [-0.1, -0.05) is 38.0 Å². The van der Waals surface area contributed by atoms with Crippen molar-refractivity contribution in [1.29, 1.82) is 0 Å². The molecule has 0 aromatic heterocycles. The molecule has 0 amide bonds. The molecule has 98 valence electrons. The first-order valence-corrected chi connectivity index (χ1v) is 7.36. The maximum atomic E-state index is 2.44. The molecule has 0 bridgehead atoms. The Morgan fingerprint density at radius 1 is 1.11 bits per heavy atom. The van der Waals surface area contributed by atoms with E-state index in [0.29, 0.717) is 5.92 Å². The lowest BCUT2D eigenvalue weighted by Gasteiger charge is -2.17. The van der Waals surface area contributed by atoms with Crippen LogP contribution < -0.4 is 0 Å². The average Bonchev–Trinajstić information content (AvgIpc) is 2.88. The Morgan fingerprint density at radius 2 is 1.83 bits per heavy atom. The molecule has 1 atom stereocenters. The fourth-order valence-corrected chi connectivity index (χ4v) is 3.25. The smallest absolute Gasteiger partial charge is 0.00315 e. The molecule has 0 N–H and O–H groups in total. The number of hydrogen-bond donors (Lipinski definition) is 0. The summed E-state index contributed by atoms with van der Waals surface area (Å²) in [5.74, 6) is 0.611. The van der Waals surface area contributed by atoms with E-state index in [1.54, 1.807) is 22.3 Å². The molecule has 0 saturated heterocycles. The summed E-state index contributed by atoms with van der Waals surface area (Å²) < 4.78 is 0. The zero-order chi connectivity index (χ0) is 13.3. The molecule has 0 fully saturated rings. The molecule has 18 heavy (non-hydrogen) atoms. The SMILES string of the molecule is CCCCC1=CCC=C1C1=C(C)C(C)=C(C)C1C. The summed E-state index contributed by atoms with van der Waals surface area (Å²) in [4.78, 5) is 0. The van der Waals surface area contributed by atoms with Gasteiger partial charge in [-0.15, -0.1) is 0 Å². The van der Waals surface area contributed by atoms with E-state index < -0.39 is 0 Å². The molecule has 2 rings (SSSR count). The number of rotatable bonds is 4.